The molecule has 4 aromatic rings. The minimum Gasteiger partial charge on any atom is -0.338 e. The maximum absolute atomic E-state index is 4.38. The monoisotopic (exact) mass is 294 g/mol. The molecule has 6 nitrogen and oxygen atoms in total. The molecule has 102 valence electrons. The number of fused-ring (bicyclic) bond motifs is 3. The van der Waals surface area contributed by atoms with Gasteiger partial charge in [-0.05, 0) is 17.5 Å². The van der Waals surface area contributed by atoms with E-state index in [9.17, 15) is 0 Å². The molecule has 0 aliphatic heterocycles. The molecule has 0 amide bonds. The summed E-state index contributed by atoms with van der Waals surface area (Å²) in [5.74, 6) is 0.363. The average molecular weight is 294 g/mol. The van der Waals surface area contributed by atoms with E-state index in [1.165, 1.54) is 0 Å². The number of thiophene rings is 1. The average Bonchev–Trinajstić information content (AvgIpc) is 3.13. The Bertz CT molecular complexity index is 925. The van der Waals surface area contributed by atoms with E-state index in [2.05, 4.69) is 30.7 Å². The fourth-order valence-corrected chi connectivity index (χ4v) is 2.67. The molecule has 0 fully saturated rings. The molecular formula is C14H10N6S. The van der Waals surface area contributed by atoms with Gasteiger partial charge in [-0.1, -0.05) is 24.3 Å². The Labute approximate surface area is 123 Å². The molecule has 21 heavy (non-hydrogen) atoms. The molecule has 0 spiro atoms. The van der Waals surface area contributed by atoms with Crippen LogP contribution in [-0.4, -0.2) is 26.4 Å². The van der Waals surface area contributed by atoms with Gasteiger partial charge in [0.05, 0.1) is 6.21 Å². The molecular weight excluding hydrogens is 284 g/mol. The van der Waals surface area contributed by atoms with Crippen molar-refractivity contribution in [2.45, 2.75) is 0 Å². The van der Waals surface area contributed by atoms with Crippen molar-refractivity contribution in [1.82, 2.24) is 20.2 Å². The lowest BCUT2D eigenvalue weighted by Crippen LogP contribution is -1.98. The number of aromatic nitrogens is 4. The Morgan fingerprint density at radius 3 is 3.00 bits per heavy atom. The molecule has 2 N–H and O–H groups in total. The highest BCUT2D eigenvalue weighted by Gasteiger charge is 2.07. The first-order valence-corrected chi connectivity index (χ1v) is 7.22. The van der Waals surface area contributed by atoms with Crippen LogP contribution in [0.3, 0.4) is 0 Å². The van der Waals surface area contributed by atoms with Crippen LogP contribution >= 0.6 is 11.3 Å². The lowest BCUT2D eigenvalue weighted by atomic mass is 10.2. The number of hydrogen-bond acceptors (Lipinski definition) is 6. The van der Waals surface area contributed by atoms with Gasteiger partial charge in [-0.2, -0.15) is 10.1 Å². The van der Waals surface area contributed by atoms with Gasteiger partial charge in [0.25, 0.3) is 5.95 Å². The molecule has 7 heteroatoms. The number of nitrogens with zero attached hydrogens (tertiary/aromatic N) is 4. The van der Waals surface area contributed by atoms with Crippen molar-refractivity contribution in [1.29, 1.82) is 0 Å². The zero-order chi connectivity index (χ0) is 14.1. The van der Waals surface area contributed by atoms with E-state index in [-0.39, 0.29) is 0 Å². The van der Waals surface area contributed by atoms with Crippen molar-refractivity contribution in [2.24, 2.45) is 5.10 Å². The van der Waals surface area contributed by atoms with Crippen molar-refractivity contribution in [3.63, 3.8) is 0 Å². The molecule has 0 unspecified atom stereocenters. The fraction of sp³-hybridized carbons (Fsp3) is 0. The van der Waals surface area contributed by atoms with Gasteiger partial charge in [-0.3, -0.25) is 0 Å². The van der Waals surface area contributed by atoms with Crippen molar-refractivity contribution in [3.8, 4) is 0 Å². The number of hydrazone groups is 1. The van der Waals surface area contributed by atoms with Crippen LogP contribution in [0.4, 0.5) is 5.95 Å². The summed E-state index contributed by atoms with van der Waals surface area (Å²) in [7, 11) is 0. The maximum atomic E-state index is 4.38. The number of nitrogens with one attached hydrogen (secondary N) is 2. The van der Waals surface area contributed by atoms with Gasteiger partial charge < -0.3 is 4.98 Å². The van der Waals surface area contributed by atoms with E-state index in [0.717, 1.165) is 21.3 Å². The topological polar surface area (TPSA) is 78.8 Å². The third-order valence-corrected chi connectivity index (χ3v) is 3.83. The van der Waals surface area contributed by atoms with Crippen molar-refractivity contribution >= 4 is 45.6 Å². The summed E-state index contributed by atoms with van der Waals surface area (Å²) in [4.78, 5) is 8.66. The SMILES string of the molecule is C(=N/Nc1nnc2c(n1)[nH]c1ccccc12)/c1cccs1. The number of hydrogen-bond donors (Lipinski definition) is 2. The molecule has 0 aliphatic carbocycles. The minimum atomic E-state index is 0.363. The van der Waals surface area contributed by atoms with Gasteiger partial charge >= 0.3 is 0 Å². The van der Waals surface area contributed by atoms with Gasteiger partial charge in [0.2, 0.25) is 0 Å². The van der Waals surface area contributed by atoms with Crippen LogP contribution in [0.5, 0.6) is 0 Å². The fourth-order valence-electron chi connectivity index (χ4n) is 2.09. The maximum Gasteiger partial charge on any atom is 0.265 e. The zero-order valence-corrected chi connectivity index (χ0v) is 11.6. The number of benzene rings is 1. The lowest BCUT2D eigenvalue weighted by molar-refractivity contribution is 1.01. The highest BCUT2D eigenvalue weighted by atomic mass is 32.1. The molecule has 4 rings (SSSR count). The molecule has 3 heterocycles. The molecule has 0 atom stereocenters. The normalized spacial score (nSPS) is 11.6. The smallest absolute Gasteiger partial charge is 0.265 e. The summed E-state index contributed by atoms with van der Waals surface area (Å²) in [6.45, 7) is 0. The minimum absolute atomic E-state index is 0.363. The summed E-state index contributed by atoms with van der Waals surface area (Å²) in [5, 5.41) is 15.4. The lowest BCUT2D eigenvalue weighted by Gasteiger charge is -1.96. The second kappa shape index (κ2) is 4.95. The third kappa shape index (κ3) is 2.23. The van der Waals surface area contributed by atoms with Crippen molar-refractivity contribution in [3.05, 3.63) is 46.7 Å². The second-order valence-electron chi connectivity index (χ2n) is 4.39. The molecule has 0 saturated heterocycles. The Morgan fingerprint density at radius 2 is 2.10 bits per heavy atom. The van der Waals surface area contributed by atoms with Gasteiger partial charge in [-0.15, -0.1) is 21.5 Å². The Morgan fingerprint density at radius 1 is 1.14 bits per heavy atom. The van der Waals surface area contributed by atoms with E-state index >= 15 is 0 Å². The van der Waals surface area contributed by atoms with Crippen LogP contribution in [0.1, 0.15) is 4.88 Å². The van der Waals surface area contributed by atoms with Crippen LogP contribution in [0.15, 0.2) is 46.9 Å². The molecule has 0 saturated carbocycles. The van der Waals surface area contributed by atoms with Crippen LogP contribution in [0.2, 0.25) is 0 Å². The van der Waals surface area contributed by atoms with Crippen LogP contribution in [-0.2, 0) is 0 Å². The Balaban J connectivity index is 1.66. The summed E-state index contributed by atoms with van der Waals surface area (Å²) in [6, 6.07) is 11.9. The van der Waals surface area contributed by atoms with E-state index in [4.69, 9.17) is 0 Å². The van der Waals surface area contributed by atoms with Gasteiger partial charge in [0.15, 0.2) is 5.65 Å². The highest BCUT2D eigenvalue weighted by molar-refractivity contribution is 7.11. The number of rotatable bonds is 3. The molecule has 3 aromatic heterocycles. The van der Waals surface area contributed by atoms with E-state index in [1.807, 2.05) is 41.8 Å². The molecule has 1 aromatic carbocycles. The number of aromatic amines is 1. The predicted octanol–water partition coefficient (Wildman–Crippen LogP) is 3.01. The summed E-state index contributed by atoms with van der Waals surface area (Å²) in [6.07, 6.45) is 1.73. The van der Waals surface area contributed by atoms with E-state index in [1.54, 1.807) is 17.6 Å². The molecule has 0 bridgehead atoms. The Hall–Kier alpha value is -2.80. The third-order valence-electron chi connectivity index (χ3n) is 3.02. The second-order valence-corrected chi connectivity index (χ2v) is 5.37. The zero-order valence-electron chi connectivity index (χ0n) is 10.8. The van der Waals surface area contributed by atoms with Crippen LogP contribution in [0, 0.1) is 0 Å². The van der Waals surface area contributed by atoms with E-state index < -0.39 is 0 Å². The standard InChI is InChI=1S/C14H10N6S/c1-2-6-11-10(5-1)12-13(16-11)17-14(20-18-12)19-15-8-9-4-3-7-21-9/h1-8H,(H2,16,17,19,20)/b15-8-. The van der Waals surface area contributed by atoms with Gasteiger partial charge in [0.1, 0.15) is 5.52 Å². The van der Waals surface area contributed by atoms with E-state index in [0.29, 0.717) is 11.6 Å². The predicted molar refractivity (Wildman–Crippen MR) is 84.7 cm³/mol. The summed E-state index contributed by atoms with van der Waals surface area (Å²) in [5.41, 5.74) is 5.24. The van der Waals surface area contributed by atoms with Gasteiger partial charge in [0, 0.05) is 15.8 Å². The molecule has 0 aliphatic rings. The first-order valence-electron chi connectivity index (χ1n) is 6.34. The highest BCUT2D eigenvalue weighted by Crippen LogP contribution is 2.21. The van der Waals surface area contributed by atoms with Gasteiger partial charge in [-0.25, -0.2) is 5.43 Å². The first kappa shape index (κ1) is 12.0. The summed E-state index contributed by atoms with van der Waals surface area (Å²) < 4.78 is 0. The van der Waals surface area contributed by atoms with Crippen LogP contribution < -0.4 is 5.43 Å². The van der Waals surface area contributed by atoms with Crippen molar-refractivity contribution in [2.75, 3.05) is 5.43 Å². The number of H-pyrrole nitrogens is 1. The Kier molecular flexibility index (Phi) is 2.82. The van der Waals surface area contributed by atoms with Crippen LogP contribution in [0.25, 0.3) is 22.1 Å². The first-order chi connectivity index (χ1) is 10.4. The quantitative estimate of drug-likeness (QED) is 0.449. The van der Waals surface area contributed by atoms with Crippen molar-refractivity contribution < 1.29 is 0 Å². The summed E-state index contributed by atoms with van der Waals surface area (Å²) >= 11 is 1.61. The largest absolute Gasteiger partial charge is 0.338 e. The molecule has 0 radical (unpaired) electrons. The number of para-hydroxylation sites is 1. The number of anilines is 1.